The molecule has 15 nitrogen and oxygen atoms in total. The third-order valence-electron chi connectivity index (χ3n) is 8.63. The van der Waals surface area contributed by atoms with Gasteiger partial charge in [0.15, 0.2) is 19.5 Å². The predicted octanol–water partition coefficient (Wildman–Crippen LogP) is 3.08. The van der Waals surface area contributed by atoms with Crippen molar-refractivity contribution in [2.24, 2.45) is 0 Å². The number of methoxy groups -OCH3 is 1. The topological polar surface area (TPSA) is 198 Å². The molecule has 2 heterocycles. The molecule has 0 bridgehead atoms. The first kappa shape index (κ1) is 42.9. The number of carbonyl (C=O) groups excluding carboxylic acids is 5. The second-order valence-corrected chi connectivity index (χ2v) is 20.6. The van der Waals surface area contributed by atoms with Gasteiger partial charge in [0.25, 0.3) is 5.91 Å². The van der Waals surface area contributed by atoms with Crippen LogP contribution in [0.4, 0.5) is 9.93 Å². The Hall–Kier alpha value is -3.28. The Morgan fingerprint density at radius 1 is 1.02 bits per heavy atom. The number of amides is 4. The number of esters is 1. The molecular weight excluding hydrogens is 685 g/mol. The normalized spacial score (nSPS) is 15.4. The number of alkyl carbamates (subject to hydrolysis) is 1. The molecule has 50 heavy (non-hydrogen) atoms. The van der Waals surface area contributed by atoms with Crippen molar-refractivity contribution in [1.29, 1.82) is 0 Å². The summed E-state index contributed by atoms with van der Waals surface area (Å²) in [6.45, 7) is 16.6. The van der Waals surface area contributed by atoms with E-state index in [0.717, 1.165) is 39.2 Å². The molecule has 1 aliphatic heterocycles. The van der Waals surface area contributed by atoms with E-state index in [9.17, 15) is 29.1 Å². The minimum absolute atomic E-state index is 0.00442. The van der Waals surface area contributed by atoms with E-state index in [1.54, 1.807) is 5.38 Å². The van der Waals surface area contributed by atoms with Crippen molar-refractivity contribution in [3.05, 3.63) is 11.1 Å². The van der Waals surface area contributed by atoms with Crippen molar-refractivity contribution in [3.63, 3.8) is 0 Å². The average molecular weight is 743 g/mol. The maximum atomic E-state index is 13.3. The zero-order chi connectivity index (χ0) is 37.7. The standard InChI is InChI=1S/C33H58N6O9SSi/c1-32(2,3)48-31(45)34-16-12-10-11-13-26(41)35-22-14-17-39(18-15-22)30-38-25(21-49-30)28(43)37-24(20-47-50(8,9)33(4,5)6)27(42)36-23(19-40)29(44)46-7/h21-24,40H,10-20H2,1-9H3,(H,34,45)(H,35,41)(H,36,42)(H,37,43)/t23-,24-/m0/s1. The summed E-state index contributed by atoms with van der Waals surface area (Å²) in [5.41, 5.74) is -0.399. The second-order valence-electron chi connectivity index (χ2n) is 14.9. The van der Waals surface area contributed by atoms with Crippen molar-refractivity contribution >= 4 is 54.6 Å². The Morgan fingerprint density at radius 3 is 2.26 bits per heavy atom. The number of hydrogen-bond acceptors (Lipinski definition) is 12. The lowest BCUT2D eigenvalue weighted by Gasteiger charge is -2.37. The fourth-order valence-corrected chi connectivity index (χ4v) is 6.51. The van der Waals surface area contributed by atoms with Gasteiger partial charge in [0, 0.05) is 37.5 Å². The van der Waals surface area contributed by atoms with E-state index < -0.39 is 56.5 Å². The molecule has 1 aromatic heterocycles. The summed E-state index contributed by atoms with van der Waals surface area (Å²) in [7, 11) is -1.16. The van der Waals surface area contributed by atoms with Crippen LogP contribution in [0.5, 0.6) is 0 Å². The lowest BCUT2D eigenvalue weighted by Crippen LogP contribution is -2.56. The molecule has 0 saturated carbocycles. The van der Waals surface area contributed by atoms with Crippen molar-refractivity contribution in [1.82, 2.24) is 26.3 Å². The Morgan fingerprint density at radius 2 is 1.68 bits per heavy atom. The van der Waals surface area contributed by atoms with Crippen LogP contribution >= 0.6 is 11.3 Å². The fourth-order valence-electron chi connectivity index (χ4n) is 4.64. The lowest BCUT2D eigenvalue weighted by molar-refractivity contribution is -0.146. The molecule has 17 heteroatoms. The van der Waals surface area contributed by atoms with Crippen molar-refractivity contribution in [2.45, 2.75) is 122 Å². The van der Waals surface area contributed by atoms with Gasteiger partial charge in [-0.05, 0) is 64.6 Å². The molecule has 0 aromatic carbocycles. The van der Waals surface area contributed by atoms with Crippen LogP contribution in [-0.2, 0) is 28.3 Å². The molecule has 0 aliphatic carbocycles. The second kappa shape index (κ2) is 19.4. The van der Waals surface area contributed by atoms with Gasteiger partial charge in [0.2, 0.25) is 11.8 Å². The van der Waals surface area contributed by atoms with Crippen LogP contribution in [0, 0.1) is 0 Å². The highest BCUT2D eigenvalue weighted by atomic mass is 32.1. The third kappa shape index (κ3) is 14.5. The molecule has 2 atom stereocenters. The van der Waals surface area contributed by atoms with E-state index in [2.05, 4.69) is 56.7 Å². The Balaban J connectivity index is 1.87. The Kier molecular flexibility index (Phi) is 16.6. The maximum absolute atomic E-state index is 13.3. The largest absolute Gasteiger partial charge is 0.467 e. The minimum Gasteiger partial charge on any atom is -0.467 e. The number of rotatable bonds is 17. The number of hydrogen-bond donors (Lipinski definition) is 5. The average Bonchev–Trinajstić information content (AvgIpc) is 3.52. The summed E-state index contributed by atoms with van der Waals surface area (Å²) in [5.74, 6) is -2.08. The maximum Gasteiger partial charge on any atom is 0.407 e. The van der Waals surface area contributed by atoms with Gasteiger partial charge in [-0.3, -0.25) is 14.4 Å². The van der Waals surface area contributed by atoms with Crippen LogP contribution in [0.15, 0.2) is 5.38 Å². The number of ether oxygens (including phenoxy) is 2. The van der Waals surface area contributed by atoms with E-state index in [4.69, 9.17) is 9.16 Å². The highest BCUT2D eigenvalue weighted by Gasteiger charge is 2.39. The van der Waals surface area contributed by atoms with Crippen LogP contribution in [0.25, 0.3) is 0 Å². The summed E-state index contributed by atoms with van der Waals surface area (Å²) >= 11 is 1.31. The van der Waals surface area contributed by atoms with Crippen LogP contribution in [0.2, 0.25) is 18.1 Å². The lowest BCUT2D eigenvalue weighted by atomic mass is 10.0. The number of unbranched alkanes of at least 4 members (excludes halogenated alkanes) is 2. The zero-order valence-corrected chi connectivity index (χ0v) is 32.9. The van der Waals surface area contributed by atoms with Gasteiger partial charge >= 0.3 is 12.1 Å². The number of anilines is 1. The van der Waals surface area contributed by atoms with Gasteiger partial charge in [0.1, 0.15) is 17.3 Å². The Labute approximate surface area is 301 Å². The summed E-state index contributed by atoms with van der Waals surface area (Å²) in [6.07, 6.45) is 3.73. The molecule has 1 aliphatic rings. The van der Waals surface area contributed by atoms with E-state index in [1.165, 1.54) is 11.3 Å². The first-order valence-corrected chi connectivity index (χ1v) is 21.0. The predicted molar refractivity (Wildman–Crippen MR) is 194 cm³/mol. The van der Waals surface area contributed by atoms with Gasteiger partial charge in [-0.1, -0.05) is 27.2 Å². The van der Waals surface area contributed by atoms with E-state index >= 15 is 0 Å². The van der Waals surface area contributed by atoms with Crippen molar-refractivity contribution in [2.75, 3.05) is 44.9 Å². The van der Waals surface area contributed by atoms with Crippen molar-refractivity contribution in [3.8, 4) is 0 Å². The molecule has 1 fully saturated rings. The van der Waals surface area contributed by atoms with E-state index in [0.29, 0.717) is 31.2 Å². The number of aliphatic hydroxyl groups excluding tert-OH is 1. The molecule has 0 spiro atoms. The third-order valence-corrected chi connectivity index (χ3v) is 14.0. The number of aromatic nitrogens is 1. The molecular formula is C33H58N6O9SSi. The van der Waals surface area contributed by atoms with E-state index in [-0.39, 0.29) is 29.3 Å². The summed E-state index contributed by atoms with van der Waals surface area (Å²) in [6, 6.07) is -2.41. The molecule has 1 saturated heterocycles. The number of nitrogens with one attached hydrogen (secondary N) is 4. The zero-order valence-electron chi connectivity index (χ0n) is 31.1. The van der Waals surface area contributed by atoms with Gasteiger partial charge in [-0.2, -0.15) is 0 Å². The molecule has 0 radical (unpaired) electrons. The Bertz CT molecular complexity index is 1290. The fraction of sp³-hybridized carbons (Fsp3) is 0.758. The number of aliphatic hydroxyl groups is 1. The molecule has 0 unspecified atom stereocenters. The molecule has 4 amide bonds. The molecule has 1 aromatic rings. The number of piperidine rings is 1. The highest BCUT2D eigenvalue weighted by molar-refractivity contribution is 7.13. The quantitative estimate of drug-likeness (QED) is 0.0894. The van der Waals surface area contributed by atoms with Gasteiger partial charge < -0.3 is 45.2 Å². The summed E-state index contributed by atoms with van der Waals surface area (Å²) < 4.78 is 16.1. The minimum atomic E-state index is -2.31. The van der Waals surface area contributed by atoms with Crippen LogP contribution < -0.4 is 26.2 Å². The first-order valence-electron chi connectivity index (χ1n) is 17.2. The summed E-state index contributed by atoms with van der Waals surface area (Å²) in [4.78, 5) is 69.3. The number of carbonyl (C=O) groups is 5. The van der Waals surface area contributed by atoms with E-state index in [1.807, 2.05) is 33.9 Å². The van der Waals surface area contributed by atoms with Gasteiger partial charge in [0.05, 0.1) is 20.3 Å². The van der Waals surface area contributed by atoms with Crippen LogP contribution in [0.3, 0.4) is 0 Å². The SMILES string of the molecule is COC(=O)[C@H](CO)NC(=O)[C@H](CO[Si](C)(C)C(C)(C)C)NC(=O)c1csc(N2CCC(NC(=O)CCCCCNC(=O)OC(C)(C)C)CC2)n1. The smallest absolute Gasteiger partial charge is 0.407 e. The first-order chi connectivity index (χ1) is 23.3. The monoisotopic (exact) mass is 742 g/mol. The van der Waals surface area contributed by atoms with Gasteiger partial charge in [-0.15, -0.1) is 11.3 Å². The highest BCUT2D eigenvalue weighted by Crippen LogP contribution is 2.36. The molecule has 284 valence electrons. The van der Waals surface area contributed by atoms with Crippen LogP contribution in [-0.4, -0.2) is 112 Å². The molecule has 5 N–H and O–H groups in total. The molecule has 2 rings (SSSR count). The number of thiazole rings is 1. The number of nitrogens with zero attached hydrogens (tertiary/aromatic N) is 2. The van der Waals surface area contributed by atoms with Gasteiger partial charge in [-0.25, -0.2) is 14.6 Å². The van der Waals surface area contributed by atoms with Crippen LogP contribution in [0.1, 0.15) is 90.6 Å². The van der Waals surface area contributed by atoms with Crippen molar-refractivity contribution < 1.29 is 43.0 Å². The summed E-state index contributed by atoms with van der Waals surface area (Å²) in [5, 5.41) is 22.7.